The fourth-order valence-corrected chi connectivity index (χ4v) is 3.29. The number of benzene rings is 1. The maximum atomic E-state index is 13.3. The van der Waals surface area contributed by atoms with Crippen molar-refractivity contribution >= 4 is 5.69 Å². The number of piperidine rings is 1. The molecular formula is C15H18FN3. The van der Waals surface area contributed by atoms with E-state index >= 15 is 0 Å². The van der Waals surface area contributed by atoms with E-state index in [9.17, 15) is 4.39 Å². The van der Waals surface area contributed by atoms with E-state index in [1.165, 1.54) is 25.5 Å². The second kappa shape index (κ2) is 5.18. The molecule has 1 aromatic carbocycles. The zero-order chi connectivity index (χ0) is 13.2. The Morgan fingerprint density at radius 3 is 3.05 bits per heavy atom. The van der Waals surface area contributed by atoms with Gasteiger partial charge in [0.1, 0.15) is 11.9 Å². The molecule has 2 aliphatic rings. The SMILES string of the molecule is N#Cc1cc(NC2CCN3CCCC3C2)ccc1F. The Bertz CT molecular complexity index is 509. The fraction of sp³-hybridized carbons (Fsp3) is 0.533. The predicted octanol–water partition coefficient (Wildman–Crippen LogP) is 2.74. The third-order valence-electron chi connectivity index (χ3n) is 4.28. The summed E-state index contributed by atoms with van der Waals surface area (Å²) in [6.45, 7) is 2.39. The van der Waals surface area contributed by atoms with E-state index in [1.807, 2.05) is 6.07 Å². The zero-order valence-corrected chi connectivity index (χ0v) is 10.9. The Labute approximate surface area is 113 Å². The third-order valence-corrected chi connectivity index (χ3v) is 4.28. The summed E-state index contributed by atoms with van der Waals surface area (Å²) in [6.07, 6.45) is 4.88. The van der Waals surface area contributed by atoms with Gasteiger partial charge in [0, 0.05) is 24.3 Å². The molecule has 0 amide bonds. The Balaban J connectivity index is 1.67. The van der Waals surface area contributed by atoms with E-state index in [1.54, 1.807) is 12.1 Å². The van der Waals surface area contributed by atoms with Gasteiger partial charge in [-0.05, 0) is 50.4 Å². The molecule has 0 saturated carbocycles. The number of nitrogens with one attached hydrogen (secondary N) is 1. The first-order valence-corrected chi connectivity index (χ1v) is 6.96. The predicted molar refractivity (Wildman–Crippen MR) is 72.4 cm³/mol. The van der Waals surface area contributed by atoms with Gasteiger partial charge in [0.25, 0.3) is 0 Å². The topological polar surface area (TPSA) is 39.1 Å². The lowest BCUT2D eigenvalue weighted by molar-refractivity contribution is 0.188. The summed E-state index contributed by atoms with van der Waals surface area (Å²) in [4.78, 5) is 2.57. The van der Waals surface area contributed by atoms with Crippen molar-refractivity contribution in [3.63, 3.8) is 0 Å². The molecule has 1 N–H and O–H groups in total. The second-order valence-corrected chi connectivity index (χ2v) is 5.50. The van der Waals surface area contributed by atoms with Gasteiger partial charge in [0.2, 0.25) is 0 Å². The van der Waals surface area contributed by atoms with Crippen LogP contribution in [0.4, 0.5) is 10.1 Å². The van der Waals surface area contributed by atoms with E-state index in [0.29, 0.717) is 12.1 Å². The zero-order valence-electron chi connectivity index (χ0n) is 10.9. The highest BCUT2D eigenvalue weighted by Gasteiger charge is 2.31. The van der Waals surface area contributed by atoms with Crippen LogP contribution in [0.3, 0.4) is 0 Å². The number of rotatable bonds is 2. The van der Waals surface area contributed by atoms with Crippen LogP contribution < -0.4 is 5.32 Å². The molecule has 0 aromatic heterocycles. The Morgan fingerprint density at radius 1 is 1.32 bits per heavy atom. The lowest BCUT2D eigenvalue weighted by Gasteiger charge is -2.35. The molecule has 2 saturated heterocycles. The smallest absolute Gasteiger partial charge is 0.141 e. The van der Waals surface area contributed by atoms with E-state index in [4.69, 9.17) is 5.26 Å². The van der Waals surface area contributed by atoms with Gasteiger partial charge in [0.05, 0.1) is 5.56 Å². The van der Waals surface area contributed by atoms with Gasteiger partial charge in [-0.15, -0.1) is 0 Å². The van der Waals surface area contributed by atoms with Crippen LogP contribution in [-0.4, -0.2) is 30.1 Å². The largest absolute Gasteiger partial charge is 0.382 e. The number of hydrogen-bond donors (Lipinski definition) is 1. The Kier molecular flexibility index (Phi) is 3.39. The number of hydrogen-bond acceptors (Lipinski definition) is 3. The van der Waals surface area contributed by atoms with Gasteiger partial charge in [0.15, 0.2) is 0 Å². The van der Waals surface area contributed by atoms with Gasteiger partial charge in [-0.2, -0.15) is 5.26 Å². The minimum Gasteiger partial charge on any atom is -0.382 e. The van der Waals surface area contributed by atoms with Crippen LogP contribution in [0.25, 0.3) is 0 Å². The van der Waals surface area contributed by atoms with E-state index in [0.717, 1.165) is 25.1 Å². The maximum absolute atomic E-state index is 13.3. The summed E-state index contributed by atoms with van der Waals surface area (Å²) in [7, 11) is 0. The molecule has 2 unspecified atom stereocenters. The molecular weight excluding hydrogens is 241 g/mol. The van der Waals surface area contributed by atoms with Gasteiger partial charge in [-0.25, -0.2) is 4.39 Å². The normalized spacial score (nSPS) is 26.7. The summed E-state index contributed by atoms with van der Waals surface area (Å²) < 4.78 is 13.3. The van der Waals surface area contributed by atoms with Crippen LogP contribution in [0.15, 0.2) is 18.2 Å². The van der Waals surface area contributed by atoms with Crippen LogP contribution in [0.1, 0.15) is 31.2 Å². The molecule has 3 nitrogen and oxygen atoms in total. The summed E-state index contributed by atoms with van der Waals surface area (Å²) in [5.74, 6) is -0.446. The quantitative estimate of drug-likeness (QED) is 0.887. The van der Waals surface area contributed by atoms with Crippen LogP contribution in [0.5, 0.6) is 0 Å². The molecule has 2 heterocycles. The molecule has 0 spiro atoms. The first kappa shape index (κ1) is 12.4. The van der Waals surface area contributed by atoms with Crippen molar-refractivity contribution in [3.05, 3.63) is 29.6 Å². The summed E-state index contributed by atoms with van der Waals surface area (Å²) in [5.41, 5.74) is 0.970. The molecule has 100 valence electrons. The monoisotopic (exact) mass is 259 g/mol. The summed E-state index contributed by atoms with van der Waals surface area (Å²) in [6, 6.07) is 7.73. The van der Waals surface area contributed by atoms with Gasteiger partial charge >= 0.3 is 0 Å². The molecule has 4 heteroatoms. The van der Waals surface area contributed by atoms with E-state index < -0.39 is 5.82 Å². The first-order valence-electron chi connectivity index (χ1n) is 6.96. The van der Waals surface area contributed by atoms with Crippen LogP contribution in [0, 0.1) is 17.1 Å². The van der Waals surface area contributed by atoms with Crippen molar-refractivity contribution in [3.8, 4) is 6.07 Å². The minimum atomic E-state index is -0.446. The molecule has 3 rings (SSSR count). The molecule has 0 bridgehead atoms. The van der Waals surface area contributed by atoms with Gasteiger partial charge in [-0.3, -0.25) is 0 Å². The van der Waals surface area contributed by atoms with Crippen LogP contribution in [0.2, 0.25) is 0 Å². The summed E-state index contributed by atoms with van der Waals surface area (Å²) in [5, 5.41) is 12.3. The van der Waals surface area contributed by atoms with Gasteiger partial charge < -0.3 is 10.2 Å². The van der Waals surface area contributed by atoms with E-state index in [-0.39, 0.29) is 5.56 Å². The fourth-order valence-electron chi connectivity index (χ4n) is 3.29. The molecule has 2 atom stereocenters. The lowest BCUT2D eigenvalue weighted by atomic mass is 9.97. The minimum absolute atomic E-state index is 0.114. The maximum Gasteiger partial charge on any atom is 0.141 e. The number of nitrogens with zero attached hydrogens (tertiary/aromatic N) is 2. The average Bonchev–Trinajstić information content (AvgIpc) is 2.88. The second-order valence-electron chi connectivity index (χ2n) is 5.50. The standard InChI is InChI=1S/C15H18FN3/c16-15-4-3-12(8-11(15)10-17)18-13-5-7-19-6-1-2-14(19)9-13/h3-4,8,13-14,18H,1-2,5-7,9H2. The van der Waals surface area contributed by atoms with Crippen LogP contribution >= 0.6 is 0 Å². The van der Waals surface area contributed by atoms with Crippen molar-refractivity contribution in [2.45, 2.75) is 37.8 Å². The highest BCUT2D eigenvalue weighted by atomic mass is 19.1. The Hall–Kier alpha value is -1.60. The molecule has 0 aliphatic carbocycles. The number of halogens is 1. The Morgan fingerprint density at radius 2 is 2.21 bits per heavy atom. The van der Waals surface area contributed by atoms with Gasteiger partial charge in [-0.1, -0.05) is 0 Å². The van der Waals surface area contributed by atoms with Crippen molar-refractivity contribution < 1.29 is 4.39 Å². The molecule has 0 radical (unpaired) electrons. The van der Waals surface area contributed by atoms with Crippen molar-refractivity contribution in [1.29, 1.82) is 5.26 Å². The van der Waals surface area contributed by atoms with Crippen molar-refractivity contribution in [2.24, 2.45) is 0 Å². The van der Waals surface area contributed by atoms with Crippen molar-refractivity contribution in [2.75, 3.05) is 18.4 Å². The third kappa shape index (κ3) is 2.57. The van der Waals surface area contributed by atoms with Crippen molar-refractivity contribution in [1.82, 2.24) is 4.90 Å². The van der Waals surface area contributed by atoms with E-state index in [2.05, 4.69) is 10.2 Å². The molecule has 1 aromatic rings. The molecule has 2 aliphatic heterocycles. The van der Waals surface area contributed by atoms with Crippen LogP contribution in [-0.2, 0) is 0 Å². The first-order chi connectivity index (χ1) is 9.26. The highest BCUT2D eigenvalue weighted by molar-refractivity contribution is 5.50. The number of anilines is 1. The molecule has 19 heavy (non-hydrogen) atoms. The lowest BCUT2D eigenvalue weighted by Crippen LogP contribution is -2.42. The molecule has 2 fully saturated rings. The highest BCUT2D eigenvalue weighted by Crippen LogP contribution is 2.28. The number of fused-ring (bicyclic) bond motifs is 1. The number of nitriles is 1. The summed E-state index contributed by atoms with van der Waals surface area (Å²) >= 11 is 0. The average molecular weight is 259 g/mol.